The first-order chi connectivity index (χ1) is 15.8. The van der Waals surface area contributed by atoms with E-state index in [0.29, 0.717) is 11.3 Å². The lowest BCUT2D eigenvalue weighted by Crippen LogP contribution is -2.12. The first kappa shape index (κ1) is 20.5. The topological polar surface area (TPSA) is 56.6 Å². The number of pyridine rings is 1. The highest BCUT2D eigenvalue weighted by Crippen LogP contribution is 2.33. The molecule has 1 heterocycles. The minimum atomic E-state index is -4.47. The minimum absolute atomic E-state index is 0.148. The van der Waals surface area contributed by atoms with Crippen LogP contribution in [0.1, 0.15) is 11.1 Å². The lowest BCUT2D eigenvalue weighted by molar-refractivity contribution is -0.137. The van der Waals surface area contributed by atoms with Crippen molar-refractivity contribution in [1.82, 2.24) is 4.98 Å². The van der Waals surface area contributed by atoms with Crippen LogP contribution in [0.25, 0.3) is 43.9 Å². The standard InChI is InChI=1S/C27H15F3N2O/c28-27(29,30)20-10-7-17(8-11-20)23-14-25(32-26(33)24(23)15-31)19-9-12-22-18(13-19)6-5-16-3-1-2-4-21(16)22/h1-14H,(H,32,33). The summed E-state index contributed by atoms with van der Waals surface area (Å²) in [5.74, 6) is 0. The summed E-state index contributed by atoms with van der Waals surface area (Å²) in [5.41, 5.74) is 0.309. The number of hydrogen-bond donors (Lipinski definition) is 1. The van der Waals surface area contributed by atoms with E-state index in [1.165, 1.54) is 12.1 Å². The monoisotopic (exact) mass is 440 g/mol. The van der Waals surface area contributed by atoms with Crippen LogP contribution in [-0.2, 0) is 6.18 Å². The Morgan fingerprint density at radius 3 is 2.15 bits per heavy atom. The normalized spacial score (nSPS) is 11.6. The molecule has 4 aromatic carbocycles. The molecule has 0 atom stereocenters. The lowest BCUT2D eigenvalue weighted by atomic mass is 9.96. The number of rotatable bonds is 2. The zero-order valence-electron chi connectivity index (χ0n) is 17.1. The molecule has 0 spiro atoms. The number of nitriles is 1. The maximum absolute atomic E-state index is 12.9. The van der Waals surface area contributed by atoms with Crippen molar-refractivity contribution in [2.75, 3.05) is 0 Å². The van der Waals surface area contributed by atoms with Crippen LogP contribution >= 0.6 is 0 Å². The van der Waals surface area contributed by atoms with Crippen LogP contribution in [0, 0.1) is 11.3 Å². The van der Waals surface area contributed by atoms with Gasteiger partial charge in [-0.25, -0.2) is 0 Å². The molecular formula is C27H15F3N2O. The molecule has 6 heteroatoms. The Hall–Kier alpha value is -4.37. The number of alkyl halides is 3. The molecule has 0 saturated carbocycles. The molecule has 33 heavy (non-hydrogen) atoms. The van der Waals surface area contributed by atoms with E-state index in [0.717, 1.165) is 39.2 Å². The Labute approximate surface area is 186 Å². The van der Waals surface area contributed by atoms with Crippen molar-refractivity contribution in [2.24, 2.45) is 0 Å². The van der Waals surface area contributed by atoms with E-state index in [4.69, 9.17) is 0 Å². The maximum atomic E-state index is 12.9. The Kier molecular flexibility index (Phi) is 4.75. The molecule has 0 bridgehead atoms. The number of aromatic amines is 1. The molecule has 0 saturated heterocycles. The highest BCUT2D eigenvalue weighted by atomic mass is 19.4. The molecule has 5 aromatic rings. The molecule has 0 unspecified atom stereocenters. The molecule has 1 aromatic heterocycles. The molecule has 0 fully saturated rings. The highest BCUT2D eigenvalue weighted by Gasteiger charge is 2.30. The Morgan fingerprint density at radius 1 is 0.758 bits per heavy atom. The third-order valence-corrected chi connectivity index (χ3v) is 5.72. The van der Waals surface area contributed by atoms with Crippen LogP contribution in [0.2, 0.25) is 0 Å². The Morgan fingerprint density at radius 2 is 1.42 bits per heavy atom. The van der Waals surface area contributed by atoms with Crippen LogP contribution in [-0.4, -0.2) is 4.98 Å². The molecule has 160 valence electrons. The first-order valence-corrected chi connectivity index (χ1v) is 10.1. The molecule has 3 nitrogen and oxygen atoms in total. The summed E-state index contributed by atoms with van der Waals surface area (Å²) in [6.45, 7) is 0. The molecule has 0 radical (unpaired) electrons. The van der Waals surface area contributed by atoms with Crippen LogP contribution in [0.15, 0.2) is 89.7 Å². The number of halogens is 3. The fraction of sp³-hybridized carbons (Fsp3) is 0.0370. The summed E-state index contributed by atoms with van der Waals surface area (Å²) in [5, 5.41) is 13.8. The van der Waals surface area contributed by atoms with Gasteiger partial charge in [-0.3, -0.25) is 4.79 Å². The summed E-state index contributed by atoms with van der Waals surface area (Å²) >= 11 is 0. The van der Waals surface area contributed by atoms with Gasteiger partial charge in [-0.2, -0.15) is 18.4 Å². The molecular weight excluding hydrogens is 425 g/mol. The van der Waals surface area contributed by atoms with Gasteiger partial charge in [0.1, 0.15) is 11.6 Å². The van der Waals surface area contributed by atoms with Gasteiger partial charge in [-0.1, -0.05) is 60.7 Å². The molecule has 0 aliphatic carbocycles. The van der Waals surface area contributed by atoms with Crippen LogP contribution in [0.5, 0.6) is 0 Å². The second-order valence-corrected chi connectivity index (χ2v) is 7.71. The maximum Gasteiger partial charge on any atom is 0.416 e. The molecule has 5 rings (SSSR count). The lowest BCUT2D eigenvalue weighted by Gasteiger charge is -2.11. The third-order valence-electron chi connectivity index (χ3n) is 5.72. The van der Waals surface area contributed by atoms with E-state index in [1.807, 2.05) is 60.7 Å². The number of hydrogen-bond acceptors (Lipinski definition) is 2. The summed E-state index contributed by atoms with van der Waals surface area (Å²) in [7, 11) is 0. The number of fused-ring (bicyclic) bond motifs is 3. The van der Waals surface area contributed by atoms with Crippen molar-refractivity contribution in [3.63, 3.8) is 0 Å². The van der Waals surface area contributed by atoms with Crippen molar-refractivity contribution in [3.8, 4) is 28.5 Å². The zero-order valence-corrected chi connectivity index (χ0v) is 17.1. The number of nitrogens with one attached hydrogen (secondary N) is 1. The van der Waals surface area contributed by atoms with E-state index < -0.39 is 17.3 Å². The number of aromatic nitrogens is 1. The number of nitrogens with zero attached hydrogens (tertiary/aromatic N) is 1. The van der Waals surface area contributed by atoms with Gasteiger partial charge in [0, 0.05) is 11.3 Å². The fourth-order valence-corrected chi connectivity index (χ4v) is 4.07. The van der Waals surface area contributed by atoms with Gasteiger partial charge in [0.2, 0.25) is 0 Å². The molecule has 0 aliphatic heterocycles. The van der Waals surface area contributed by atoms with Gasteiger partial charge in [0.15, 0.2) is 0 Å². The summed E-state index contributed by atoms with van der Waals surface area (Å²) in [6.07, 6.45) is -4.47. The van der Waals surface area contributed by atoms with Gasteiger partial charge in [0.25, 0.3) is 5.56 Å². The van der Waals surface area contributed by atoms with Gasteiger partial charge >= 0.3 is 6.18 Å². The van der Waals surface area contributed by atoms with Crippen molar-refractivity contribution >= 4 is 21.5 Å². The van der Waals surface area contributed by atoms with Crippen molar-refractivity contribution in [2.45, 2.75) is 6.18 Å². The van der Waals surface area contributed by atoms with E-state index in [2.05, 4.69) is 4.98 Å². The van der Waals surface area contributed by atoms with Crippen LogP contribution in [0.3, 0.4) is 0 Å². The minimum Gasteiger partial charge on any atom is -0.321 e. The quantitative estimate of drug-likeness (QED) is 0.303. The van der Waals surface area contributed by atoms with Crippen LogP contribution < -0.4 is 5.56 Å². The number of H-pyrrole nitrogens is 1. The van der Waals surface area contributed by atoms with Crippen LogP contribution in [0.4, 0.5) is 13.2 Å². The summed E-state index contributed by atoms with van der Waals surface area (Å²) in [6, 6.07) is 25.8. The van der Waals surface area contributed by atoms with E-state index in [9.17, 15) is 23.2 Å². The summed E-state index contributed by atoms with van der Waals surface area (Å²) in [4.78, 5) is 15.4. The predicted octanol–water partition coefficient (Wildman–Crippen LogP) is 6.91. The van der Waals surface area contributed by atoms with E-state index in [-0.39, 0.29) is 11.1 Å². The smallest absolute Gasteiger partial charge is 0.321 e. The molecule has 0 aliphatic rings. The average molecular weight is 440 g/mol. The Bertz CT molecular complexity index is 1630. The first-order valence-electron chi connectivity index (χ1n) is 10.1. The SMILES string of the molecule is N#Cc1c(-c2ccc(C(F)(F)F)cc2)cc(-c2ccc3c(ccc4ccccc43)c2)[nH]c1=O. The Balaban J connectivity index is 1.66. The average Bonchev–Trinajstić information content (AvgIpc) is 2.82. The predicted molar refractivity (Wildman–Crippen MR) is 123 cm³/mol. The van der Waals surface area contributed by atoms with Gasteiger partial charge < -0.3 is 4.98 Å². The van der Waals surface area contributed by atoms with E-state index >= 15 is 0 Å². The fourth-order valence-electron chi connectivity index (χ4n) is 4.07. The van der Waals surface area contributed by atoms with Crippen molar-refractivity contribution in [3.05, 3.63) is 106 Å². The largest absolute Gasteiger partial charge is 0.416 e. The van der Waals surface area contributed by atoms with E-state index in [1.54, 1.807) is 6.07 Å². The van der Waals surface area contributed by atoms with Gasteiger partial charge in [-0.05, 0) is 56.9 Å². The second-order valence-electron chi connectivity index (χ2n) is 7.71. The van der Waals surface area contributed by atoms with Gasteiger partial charge in [0.05, 0.1) is 5.56 Å². The van der Waals surface area contributed by atoms with Gasteiger partial charge in [-0.15, -0.1) is 0 Å². The van der Waals surface area contributed by atoms with Crippen molar-refractivity contribution in [1.29, 1.82) is 5.26 Å². The molecule has 0 amide bonds. The van der Waals surface area contributed by atoms with Crippen molar-refractivity contribution < 1.29 is 13.2 Å². The molecule has 1 N–H and O–H groups in total. The zero-order chi connectivity index (χ0) is 23.2. The second kappa shape index (κ2) is 7.64. The highest BCUT2D eigenvalue weighted by molar-refractivity contribution is 6.08. The third kappa shape index (κ3) is 3.64. The number of benzene rings is 4. The summed E-state index contributed by atoms with van der Waals surface area (Å²) < 4.78 is 38.8.